The summed E-state index contributed by atoms with van der Waals surface area (Å²) in [6, 6.07) is 0. The zero-order valence-corrected chi connectivity index (χ0v) is 26.8. The minimum Gasteiger partial charge on any atom is -0.462 e. The Kier molecular flexibility index (Phi) is 27.6. The van der Waals surface area contributed by atoms with Crippen LogP contribution in [0, 0.1) is 0 Å². The molecule has 0 radical (unpaired) electrons. The molecule has 0 aromatic carbocycles. The summed E-state index contributed by atoms with van der Waals surface area (Å²) in [4.78, 5) is 42.4. The van der Waals surface area contributed by atoms with Crippen molar-refractivity contribution in [2.45, 2.75) is 155 Å². The summed E-state index contributed by atoms with van der Waals surface area (Å²) in [5.41, 5.74) is 0. The summed E-state index contributed by atoms with van der Waals surface area (Å²) in [7, 11) is -4.74. The lowest BCUT2D eigenvalue weighted by Crippen LogP contribution is -2.29. The highest BCUT2D eigenvalue weighted by Gasteiger charge is 2.22. The van der Waals surface area contributed by atoms with E-state index in [1.165, 1.54) is 38.5 Å². The Morgan fingerprint density at radius 3 is 1.61 bits per heavy atom. The highest BCUT2D eigenvalue weighted by Crippen LogP contribution is 2.35. The van der Waals surface area contributed by atoms with Gasteiger partial charge >= 0.3 is 19.8 Å². The van der Waals surface area contributed by atoms with E-state index in [0.717, 1.165) is 70.6 Å². The molecule has 0 aliphatic heterocycles. The van der Waals surface area contributed by atoms with E-state index < -0.39 is 32.5 Å². The average Bonchev–Trinajstić information content (AvgIpc) is 2.93. The van der Waals surface area contributed by atoms with Crippen molar-refractivity contribution in [2.24, 2.45) is 0 Å². The van der Waals surface area contributed by atoms with E-state index in [2.05, 4.69) is 42.7 Å². The van der Waals surface area contributed by atoms with Gasteiger partial charge in [-0.3, -0.25) is 14.1 Å². The summed E-state index contributed by atoms with van der Waals surface area (Å²) in [6.07, 6.45) is 29.1. The van der Waals surface area contributed by atoms with Crippen LogP contribution in [0.3, 0.4) is 0 Å². The van der Waals surface area contributed by atoms with E-state index in [1.807, 2.05) is 0 Å². The van der Waals surface area contributed by atoms with Crippen molar-refractivity contribution in [3.8, 4) is 0 Å². The van der Waals surface area contributed by atoms with E-state index in [4.69, 9.17) is 19.3 Å². The SMILES string of the molecule is CC/C=C\CCCCCCCC(=O)OC[C@H](COP(=O)(O)O)OC(=O)CCCCCCC/C=C\CCCCCCC. The molecule has 2 N–H and O–H groups in total. The molecule has 8 nitrogen and oxygen atoms in total. The van der Waals surface area contributed by atoms with Gasteiger partial charge in [-0.05, 0) is 57.8 Å². The summed E-state index contributed by atoms with van der Waals surface area (Å²) in [6.45, 7) is 3.52. The monoisotopic (exact) mass is 602 g/mol. The summed E-state index contributed by atoms with van der Waals surface area (Å²) in [5.74, 6) is -0.911. The largest absolute Gasteiger partial charge is 0.469 e. The van der Waals surface area contributed by atoms with Gasteiger partial charge in [0.15, 0.2) is 6.10 Å². The minimum atomic E-state index is -4.74. The maximum absolute atomic E-state index is 12.3. The first-order valence-corrected chi connectivity index (χ1v) is 17.7. The number of phosphoric ester groups is 1. The van der Waals surface area contributed by atoms with E-state index in [-0.39, 0.29) is 19.4 Å². The fraction of sp³-hybridized carbons (Fsp3) is 0.812. The molecular weight excluding hydrogens is 543 g/mol. The number of allylic oxidation sites excluding steroid dienone is 4. The third kappa shape index (κ3) is 31.3. The number of ether oxygens (including phenoxy) is 2. The maximum atomic E-state index is 12.3. The Labute approximate surface area is 249 Å². The first-order chi connectivity index (χ1) is 19.8. The molecule has 240 valence electrons. The van der Waals surface area contributed by atoms with Gasteiger partial charge in [0, 0.05) is 12.8 Å². The molecule has 0 rings (SSSR count). The standard InChI is InChI=1S/C32H59O8P/c1-3-5-7-9-11-13-14-15-16-17-19-21-23-25-27-32(34)40-30(29-39-41(35,36)37)28-38-31(33)26-24-22-20-18-12-10-8-6-4-2/h6,8,14-15,30H,3-5,7,9-13,16-29H2,1-2H3,(H2,35,36,37)/b8-6-,15-14-/t30-/m1/s1. The van der Waals surface area contributed by atoms with Crippen LogP contribution in [-0.2, 0) is 28.2 Å². The fourth-order valence-electron chi connectivity index (χ4n) is 4.31. The Hall–Kier alpha value is -1.47. The molecule has 0 fully saturated rings. The first-order valence-electron chi connectivity index (χ1n) is 16.1. The van der Waals surface area contributed by atoms with Gasteiger partial charge in [-0.25, -0.2) is 4.57 Å². The topological polar surface area (TPSA) is 119 Å². The molecule has 0 bridgehead atoms. The molecule has 0 heterocycles. The number of rotatable bonds is 29. The van der Waals surface area contributed by atoms with Gasteiger partial charge in [-0.2, -0.15) is 0 Å². The van der Waals surface area contributed by atoms with E-state index >= 15 is 0 Å². The number of hydrogen-bond donors (Lipinski definition) is 2. The lowest BCUT2D eigenvalue weighted by molar-refractivity contribution is -0.161. The van der Waals surface area contributed by atoms with Crippen molar-refractivity contribution in [1.29, 1.82) is 0 Å². The Bertz CT molecular complexity index is 731. The van der Waals surface area contributed by atoms with E-state index in [0.29, 0.717) is 12.8 Å². The molecule has 0 spiro atoms. The molecule has 0 saturated heterocycles. The van der Waals surface area contributed by atoms with Crippen molar-refractivity contribution in [1.82, 2.24) is 0 Å². The van der Waals surface area contributed by atoms with Crippen molar-refractivity contribution in [2.75, 3.05) is 13.2 Å². The zero-order chi connectivity index (χ0) is 30.4. The Morgan fingerprint density at radius 2 is 1.10 bits per heavy atom. The molecule has 0 unspecified atom stereocenters. The van der Waals surface area contributed by atoms with Crippen LogP contribution in [0.4, 0.5) is 0 Å². The molecular formula is C32H59O8P. The van der Waals surface area contributed by atoms with Crippen molar-refractivity contribution < 1.29 is 37.9 Å². The number of carbonyl (C=O) groups excluding carboxylic acids is 2. The molecule has 0 aromatic heterocycles. The van der Waals surface area contributed by atoms with Gasteiger partial charge in [0.05, 0.1) is 6.61 Å². The summed E-state index contributed by atoms with van der Waals surface area (Å²) < 4.78 is 26.1. The van der Waals surface area contributed by atoms with Gasteiger partial charge in [0.1, 0.15) is 6.61 Å². The molecule has 9 heteroatoms. The minimum absolute atomic E-state index is 0.201. The fourth-order valence-corrected chi connectivity index (χ4v) is 4.67. The lowest BCUT2D eigenvalue weighted by atomic mass is 10.1. The molecule has 1 atom stereocenters. The van der Waals surface area contributed by atoms with Crippen LogP contribution in [0.25, 0.3) is 0 Å². The second kappa shape index (κ2) is 28.6. The average molecular weight is 603 g/mol. The predicted octanol–water partition coefficient (Wildman–Crippen LogP) is 8.90. The number of unbranched alkanes of at least 4 members (excludes halogenated alkanes) is 15. The molecule has 0 aliphatic carbocycles. The van der Waals surface area contributed by atoms with Gasteiger partial charge in [-0.1, -0.05) is 102 Å². The second-order valence-electron chi connectivity index (χ2n) is 10.7. The number of phosphoric acid groups is 1. The highest BCUT2D eigenvalue weighted by atomic mass is 31.2. The zero-order valence-electron chi connectivity index (χ0n) is 25.9. The third-order valence-electron chi connectivity index (χ3n) is 6.70. The van der Waals surface area contributed by atoms with Crippen molar-refractivity contribution >= 4 is 19.8 Å². The third-order valence-corrected chi connectivity index (χ3v) is 7.19. The van der Waals surface area contributed by atoms with Crippen molar-refractivity contribution in [3.63, 3.8) is 0 Å². The Morgan fingerprint density at radius 1 is 0.634 bits per heavy atom. The number of carbonyl (C=O) groups is 2. The molecule has 0 aliphatic rings. The highest BCUT2D eigenvalue weighted by molar-refractivity contribution is 7.46. The van der Waals surface area contributed by atoms with Gasteiger partial charge in [0.25, 0.3) is 0 Å². The van der Waals surface area contributed by atoms with Gasteiger partial charge in [-0.15, -0.1) is 0 Å². The molecule has 0 aromatic rings. The number of esters is 2. The van der Waals surface area contributed by atoms with E-state index in [9.17, 15) is 14.2 Å². The van der Waals surface area contributed by atoms with Gasteiger partial charge in [0.2, 0.25) is 0 Å². The summed E-state index contributed by atoms with van der Waals surface area (Å²) >= 11 is 0. The first kappa shape index (κ1) is 39.5. The lowest BCUT2D eigenvalue weighted by Gasteiger charge is -2.18. The molecule has 41 heavy (non-hydrogen) atoms. The summed E-state index contributed by atoms with van der Waals surface area (Å²) in [5, 5.41) is 0. The van der Waals surface area contributed by atoms with Crippen LogP contribution in [-0.4, -0.2) is 41.0 Å². The van der Waals surface area contributed by atoms with Crippen LogP contribution in [0.5, 0.6) is 0 Å². The second-order valence-corrected chi connectivity index (χ2v) is 12.0. The smallest absolute Gasteiger partial charge is 0.462 e. The normalized spacial score (nSPS) is 12.8. The van der Waals surface area contributed by atoms with Crippen LogP contribution in [0.2, 0.25) is 0 Å². The van der Waals surface area contributed by atoms with Crippen LogP contribution in [0.15, 0.2) is 24.3 Å². The van der Waals surface area contributed by atoms with Gasteiger partial charge < -0.3 is 19.3 Å². The maximum Gasteiger partial charge on any atom is 0.469 e. The predicted molar refractivity (Wildman–Crippen MR) is 165 cm³/mol. The van der Waals surface area contributed by atoms with Crippen LogP contribution < -0.4 is 0 Å². The van der Waals surface area contributed by atoms with Crippen LogP contribution in [0.1, 0.15) is 149 Å². The number of hydrogen-bond acceptors (Lipinski definition) is 6. The molecule has 0 saturated carbocycles. The molecule has 0 amide bonds. The van der Waals surface area contributed by atoms with E-state index in [1.54, 1.807) is 0 Å². The Balaban J connectivity index is 4.04. The van der Waals surface area contributed by atoms with Crippen molar-refractivity contribution in [3.05, 3.63) is 24.3 Å². The van der Waals surface area contributed by atoms with Crippen LogP contribution >= 0.6 is 7.82 Å². The quantitative estimate of drug-likeness (QED) is 0.0377.